The van der Waals surface area contributed by atoms with Gasteiger partial charge >= 0.3 is 23.8 Å². The highest BCUT2D eigenvalue weighted by atomic mass is 35.5. The largest absolute Gasteiger partial charge is 0.479 e. The Kier molecular flexibility index (Phi) is 14.0. The third-order valence-electron chi connectivity index (χ3n) is 9.11. The highest BCUT2D eigenvalue weighted by Crippen LogP contribution is 2.34. The van der Waals surface area contributed by atoms with Gasteiger partial charge in [0.05, 0.1) is 25.3 Å². The molecule has 6 aromatic rings. The van der Waals surface area contributed by atoms with Crippen molar-refractivity contribution in [3.63, 3.8) is 0 Å². The van der Waals surface area contributed by atoms with E-state index in [0.29, 0.717) is 102 Å². The SMILES string of the molecule is COc1ncnc2sc(N)nc12.COc1ncnc2sc(NC(=O)N3CCN(c4cccc(C(F)(F)F)c4)CC3)nc12.O=C(Cl)N1CCN(c2cccc(C(F)(F)F)c2)CC1. The van der Waals surface area contributed by atoms with Crippen molar-refractivity contribution in [2.24, 2.45) is 0 Å². The molecule has 16 nitrogen and oxygen atoms in total. The number of carbonyl (C=O) groups excluding carboxylic acids is 2. The van der Waals surface area contributed by atoms with E-state index < -0.39 is 28.8 Å². The van der Waals surface area contributed by atoms with Crippen molar-refractivity contribution >= 4 is 88.0 Å². The van der Waals surface area contributed by atoms with Crippen LogP contribution in [0.2, 0.25) is 0 Å². The molecule has 0 unspecified atom stereocenters. The van der Waals surface area contributed by atoms with Crippen LogP contribution >= 0.6 is 34.3 Å². The Morgan fingerprint density at radius 2 is 1.15 bits per heavy atom. The van der Waals surface area contributed by atoms with E-state index in [1.165, 1.54) is 66.6 Å². The number of amides is 3. The Bertz CT molecular complexity index is 2460. The van der Waals surface area contributed by atoms with Gasteiger partial charge in [0.1, 0.15) is 12.7 Å². The smallest absolute Gasteiger partial charge is 0.416 e. The number of nitrogen functional groups attached to an aromatic ring is 1. The van der Waals surface area contributed by atoms with Crippen LogP contribution in [0.4, 0.5) is 57.6 Å². The number of hydrogen-bond donors (Lipinski definition) is 2. The Morgan fingerprint density at radius 1 is 0.689 bits per heavy atom. The van der Waals surface area contributed by atoms with Crippen LogP contribution in [-0.4, -0.2) is 118 Å². The molecule has 25 heteroatoms. The number of aromatic nitrogens is 6. The molecule has 0 atom stereocenters. The Balaban J connectivity index is 0.000000170. The summed E-state index contributed by atoms with van der Waals surface area (Å²) in [6.07, 6.45) is -5.94. The number of ether oxygens (including phenoxy) is 2. The van der Waals surface area contributed by atoms with Crippen molar-refractivity contribution in [1.82, 2.24) is 39.7 Å². The first kappa shape index (κ1) is 44.5. The molecule has 2 fully saturated rings. The van der Waals surface area contributed by atoms with E-state index in [-0.39, 0.29) is 6.03 Å². The molecule has 0 radical (unpaired) electrons. The minimum Gasteiger partial charge on any atom is -0.479 e. The first-order valence-corrected chi connectivity index (χ1v) is 20.0. The van der Waals surface area contributed by atoms with E-state index in [0.717, 1.165) is 29.1 Å². The van der Waals surface area contributed by atoms with Gasteiger partial charge in [-0.1, -0.05) is 34.8 Å². The second-order valence-corrected chi connectivity index (χ2v) is 15.2. The summed E-state index contributed by atoms with van der Waals surface area (Å²) in [6, 6.07) is 10.1. The second-order valence-electron chi connectivity index (χ2n) is 12.9. The first-order valence-electron chi connectivity index (χ1n) is 17.9. The van der Waals surface area contributed by atoms with Crippen molar-refractivity contribution in [2.75, 3.05) is 87.4 Å². The molecule has 0 bridgehead atoms. The van der Waals surface area contributed by atoms with Crippen LogP contribution in [0.1, 0.15) is 11.1 Å². The normalized spacial score (nSPS) is 14.5. The van der Waals surface area contributed by atoms with E-state index in [1.54, 1.807) is 17.0 Å². The van der Waals surface area contributed by atoms with Gasteiger partial charge in [-0.05, 0) is 48.0 Å². The number of urea groups is 1. The van der Waals surface area contributed by atoms with E-state index in [4.69, 9.17) is 26.8 Å². The molecule has 0 aliphatic carbocycles. The maximum absolute atomic E-state index is 12.9. The Hall–Kier alpha value is -6.01. The predicted octanol–water partition coefficient (Wildman–Crippen LogP) is 7.33. The van der Waals surface area contributed by atoms with Gasteiger partial charge in [-0.25, -0.2) is 24.7 Å². The number of carbonyl (C=O) groups is 2. The second kappa shape index (κ2) is 19.1. The number of halogens is 7. The average Bonchev–Trinajstić information content (AvgIpc) is 3.86. The van der Waals surface area contributed by atoms with Crippen LogP contribution in [0.3, 0.4) is 0 Å². The van der Waals surface area contributed by atoms with Gasteiger partial charge in [0.15, 0.2) is 31.0 Å². The fourth-order valence-corrected chi connectivity index (χ4v) is 7.69. The van der Waals surface area contributed by atoms with Crippen LogP contribution in [0.15, 0.2) is 61.2 Å². The summed E-state index contributed by atoms with van der Waals surface area (Å²) >= 11 is 7.87. The number of piperazine rings is 2. The van der Waals surface area contributed by atoms with Crippen LogP contribution in [0, 0.1) is 0 Å². The lowest BCUT2D eigenvalue weighted by molar-refractivity contribution is -0.138. The van der Waals surface area contributed by atoms with Crippen LogP contribution in [-0.2, 0) is 12.4 Å². The van der Waals surface area contributed by atoms with Crippen LogP contribution in [0.5, 0.6) is 11.8 Å². The van der Waals surface area contributed by atoms with Crippen molar-refractivity contribution < 1.29 is 45.4 Å². The molecule has 4 aromatic heterocycles. The minimum atomic E-state index is -4.39. The molecule has 0 spiro atoms. The number of rotatable bonds is 5. The number of benzene rings is 2. The molecule has 2 saturated heterocycles. The zero-order valence-electron chi connectivity index (χ0n) is 32.1. The topological polar surface area (TPSA) is 181 Å². The summed E-state index contributed by atoms with van der Waals surface area (Å²) < 4.78 is 86.8. The number of fused-ring (bicyclic) bond motifs is 2. The Labute approximate surface area is 355 Å². The zero-order chi connectivity index (χ0) is 43.9. The maximum atomic E-state index is 12.9. The number of nitrogens with two attached hydrogens (primary N) is 1. The average molecular weight is 913 g/mol. The van der Waals surface area contributed by atoms with E-state index >= 15 is 0 Å². The van der Waals surface area contributed by atoms with E-state index in [1.807, 2.05) is 9.80 Å². The molecule has 324 valence electrons. The molecule has 3 N–H and O–H groups in total. The molecule has 61 heavy (non-hydrogen) atoms. The fraction of sp³-hybridized carbons (Fsp3) is 0.333. The zero-order valence-corrected chi connectivity index (χ0v) is 34.5. The summed E-state index contributed by atoms with van der Waals surface area (Å²) in [4.78, 5) is 55.9. The highest BCUT2D eigenvalue weighted by molar-refractivity contribution is 7.22. The van der Waals surface area contributed by atoms with Crippen molar-refractivity contribution in [3.8, 4) is 11.8 Å². The Morgan fingerprint density at radius 3 is 1.61 bits per heavy atom. The molecular weight excluding hydrogens is 878 g/mol. The molecule has 2 aliphatic rings. The first-order chi connectivity index (χ1) is 29.0. The number of methoxy groups -OCH3 is 2. The lowest BCUT2D eigenvalue weighted by atomic mass is 10.1. The van der Waals surface area contributed by atoms with Crippen molar-refractivity contribution in [1.29, 1.82) is 0 Å². The number of nitrogens with zero attached hydrogens (tertiary/aromatic N) is 10. The lowest BCUT2D eigenvalue weighted by Gasteiger charge is -2.36. The summed E-state index contributed by atoms with van der Waals surface area (Å²) in [6.45, 7) is 3.37. The molecular formula is C36H35ClF6N12O4S2. The van der Waals surface area contributed by atoms with E-state index in [2.05, 4.69) is 35.2 Å². The van der Waals surface area contributed by atoms with Crippen LogP contribution < -0.4 is 30.3 Å². The summed E-state index contributed by atoms with van der Waals surface area (Å²) in [5.41, 5.74) is 6.24. The predicted molar refractivity (Wildman–Crippen MR) is 219 cm³/mol. The van der Waals surface area contributed by atoms with Gasteiger partial charge in [0.25, 0.3) is 0 Å². The minimum absolute atomic E-state index is 0.325. The monoisotopic (exact) mass is 912 g/mol. The summed E-state index contributed by atoms with van der Waals surface area (Å²) in [5, 5.41) is 3.06. The number of nitrogens with one attached hydrogen (secondary N) is 1. The van der Waals surface area contributed by atoms with Gasteiger partial charge < -0.3 is 34.8 Å². The third-order valence-corrected chi connectivity index (χ3v) is 11.0. The number of hydrogen-bond acceptors (Lipinski definition) is 15. The maximum Gasteiger partial charge on any atom is 0.416 e. The van der Waals surface area contributed by atoms with Crippen molar-refractivity contribution in [3.05, 3.63) is 72.3 Å². The number of alkyl halides is 6. The molecule has 3 amide bonds. The highest BCUT2D eigenvalue weighted by Gasteiger charge is 2.32. The number of anilines is 4. The molecule has 2 aliphatic heterocycles. The standard InChI is InChI=1S/C18H17F3N6O2S.C12H12ClF3N2O.C6H6N4OS/c1-29-14-13-15(23-10-22-14)30-16(24-13)25-17(28)27-7-5-26(6-8-27)12-4-2-3-11(9-12)18(19,20)21;13-11(19)18-6-4-17(5-7-18)10-3-1-2-9(8-10)12(14,15)16;1-11-4-3-5(9-2-8-4)12-6(7)10-3/h2-4,9-10H,5-8H2,1H3,(H,24,25,28);1-3,8H,4-7H2;2H,1H3,(H2,7,10). The molecule has 8 rings (SSSR count). The fourth-order valence-electron chi connectivity index (χ4n) is 6.07. The van der Waals surface area contributed by atoms with Gasteiger partial charge in [0, 0.05) is 63.7 Å². The van der Waals surface area contributed by atoms with Gasteiger partial charge in [-0.15, -0.1) is 0 Å². The molecule has 2 aromatic carbocycles. The quantitative estimate of drug-likeness (QED) is 0.0998. The third kappa shape index (κ3) is 11.2. The molecule has 6 heterocycles. The molecule has 0 saturated carbocycles. The van der Waals surface area contributed by atoms with Crippen molar-refractivity contribution in [2.45, 2.75) is 12.4 Å². The lowest BCUT2D eigenvalue weighted by Crippen LogP contribution is -2.50. The van der Waals surface area contributed by atoms with Crippen LogP contribution in [0.25, 0.3) is 20.7 Å². The van der Waals surface area contributed by atoms with Gasteiger partial charge in [-0.2, -0.15) is 36.3 Å². The van der Waals surface area contributed by atoms with E-state index in [9.17, 15) is 35.9 Å². The summed E-state index contributed by atoms with van der Waals surface area (Å²) in [5.74, 6) is 0.791. The van der Waals surface area contributed by atoms with Gasteiger partial charge in [-0.3, -0.25) is 10.1 Å². The summed E-state index contributed by atoms with van der Waals surface area (Å²) in [7, 11) is 3.01. The van der Waals surface area contributed by atoms with Gasteiger partial charge in [0.2, 0.25) is 11.8 Å². The number of thiazole rings is 2.